The van der Waals surface area contributed by atoms with E-state index in [4.69, 9.17) is 16.9 Å². The summed E-state index contributed by atoms with van der Waals surface area (Å²) in [6, 6.07) is 14.4. The maximum atomic E-state index is 10.7. The quantitative estimate of drug-likeness (QED) is 0.753. The average molecular weight is 242 g/mol. The summed E-state index contributed by atoms with van der Waals surface area (Å²) >= 11 is 5.93. The van der Waals surface area contributed by atoms with Gasteiger partial charge < -0.3 is 0 Å². The Balaban J connectivity index is 2.48. The minimum absolute atomic E-state index is 0.522. The van der Waals surface area contributed by atoms with Crippen molar-refractivity contribution >= 4 is 17.9 Å². The molecule has 2 nitrogen and oxygen atoms in total. The number of rotatable bonds is 2. The van der Waals surface area contributed by atoms with E-state index >= 15 is 0 Å². The van der Waals surface area contributed by atoms with Crippen molar-refractivity contribution in [2.75, 3.05) is 0 Å². The Morgan fingerprint density at radius 1 is 1.06 bits per heavy atom. The number of carbonyl (C=O) groups excluding carboxylic acids is 1. The van der Waals surface area contributed by atoms with Crippen LogP contribution in [0.2, 0.25) is 5.02 Å². The van der Waals surface area contributed by atoms with Gasteiger partial charge in [0.15, 0.2) is 0 Å². The van der Waals surface area contributed by atoms with Crippen LogP contribution >= 0.6 is 11.6 Å². The van der Waals surface area contributed by atoms with Gasteiger partial charge in [-0.3, -0.25) is 4.79 Å². The molecule has 0 heterocycles. The van der Waals surface area contributed by atoms with E-state index in [0.29, 0.717) is 16.1 Å². The molecule has 0 aliphatic rings. The largest absolute Gasteiger partial charge is 0.298 e. The van der Waals surface area contributed by atoms with Crippen LogP contribution < -0.4 is 0 Å². The second-order valence-electron chi connectivity index (χ2n) is 3.58. The van der Waals surface area contributed by atoms with Crippen molar-refractivity contribution < 1.29 is 4.79 Å². The molecule has 2 aromatic rings. The standard InChI is InChI=1S/C14H8ClNO/c15-14-6-11(9-17)5-13(7-14)12-3-1-10(8-16)2-4-12/h1-7,9H. The van der Waals surface area contributed by atoms with Crippen LogP contribution in [0.5, 0.6) is 0 Å². The van der Waals surface area contributed by atoms with E-state index in [1.54, 1.807) is 30.3 Å². The summed E-state index contributed by atoms with van der Waals surface area (Å²) in [4.78, 5) is 10.7. The Bertz CT molecular complexity index is 597. The lowest BCUT2D eigenvalue weighted by atomic mass is 10.0. The number of nitrogens with zero attached hydrogens (tertiary/aromatic N) is 1. The summed E-state index contributed by atoms with van der Waals surface area (Å²) in [6.07, 6.45) is 0.763. The van der Waals surface area contributed by atoms with Gasteiger partial charge in [-0.25, -0.2) is 0 Å². The predicted octanol–water partition coefficient (Wildman–Crippen LogP) is 3.69. The summed E-state index contributed by atoms with van der Waals surface area (Å²) in [5.74, 6) is 0. The van der Waals surface area contributed by atoms with E-state index in [2.05, 4.69) is 6.07 Å². The van der Waals surface area contributed by atoms with E-state index in [1.807, 2.05) is 12.1 Å². The minimum atomic E-state index is 0.522. The van der Waals surface area contributed by atoms with Crippen LogP contribution in [0, 0.1) is 11.3 Å². The molecule has 0 N–H and O–H groups in total. The molecule has 0 atom stereocenters. The first-order valence-electron chi connectivity index (χ1n) is 4.99. The van der Waals surface area contributed by atoms with E-state index in [0.717, 1.165) is 17.4 Å². The lowest BCUT2D eigenvalue weighted by Gasteiger charge is -2.03. The van der Waals surface area contributed by atoms with Gasteiger partial charge in [-0.05, 0) is 41.5 Å². The first-order valence-corrected chi connectivity index (χ1v) is 5.37. The first-order chi connectivity index (χ1) is 8.22. The maximum absolute atomic E-state index is 10.7. The van der Waals surface area contributed by atoms with E-state index in [-0.39, 0.29) is 0 Å². The van der Waals surface area contributed by atoms with E-state index in [9.17, 15) is 4.79 Å². The van der Waals surface area contributed by atoms with Crippen LogP contribution in [0.25, 0.3) is 11.1 Å². The zero-order valence-electron chi connectivity index (χ0n) is 8.85. The van der Waals surface area contributed by atoms with Gasteiger partial charge in [-0.15, -0.1) is 0 Å². The predicted molar refractivity (Wildman–Crippen MR) is 67.0 cm³/mol. The highest BCUT2D eigenvalue weighted by molar-refractivity contribution is 6.31. The van der Waals surface area contributed by atoms with Crippen LogP contribution in [0.15, 0.2) is 42.5 Å². The van der Waals surface area contributed by atoms with Crippen LogP contribution in [0.3, 0.4) is 0 Å². The molecule has 0 unspecified atom stereocenters. The molecule has 17 heavy (non-hydrogen) atoms. The summed E-state index contributed by atoms with van der Waals surface area (Å²) in [5, 5.41) is 9.23. The molecule has 0 spiro atoms. The maximum Gasteiger partial charge on any atom is 0.150 e. The van der Waals surface area contributed by atoms with Gasteiger partial charge in [0.05, 0.1) is 11.6 Å². The molecule has 0 bridgehead atoms. The second kappa shape index (κ2) is 4.82. The Labute approximate surface area is 104 Å². The van der Waals surface area contributed by atoms with Crippen LogP contribution in [-0.2, 0) is 0 Å². The molecule has 0 radical (unpaired) electrons. The molecule has 0 fully saturated rings. The summed E-state index contributed by atoms with van der Waals surface area (Å²) in [5.41, 5.74) is 2.93. The monoisotopic (exact) mass is 241 g/mol. The molecule has 2 rings (SSSR count). The number of halogens is 1. The fourth-order valence-electron chi connectivity index (χ4n) is 1.58. The van der Waals surface area contributed by atoms with Gasteiger partial charge in [-0.1, -0.05) is 23.7 Å². The Kier molecular flexibility index (Phi) is 3.22. The summed E-state index contributed by atoms with van der Waals surface area (Å²) < 4.78 is 0. The zero-order valence-corrected chi connectivity index (χ0v) is 9.61. The lowest BCUT2D eigenvalue weighted by molar-refractivity contribution is 0.112. The topological polar surface area (TPSA) is 40.9 Å². The Morgan fingerprint density at radius 2 is 1.76 bits per heavy atom. The minimum Gasteiger partial charge on any atom is -0.298 e. The van der Waals surface area contributed by atoms with Crippen LogP contribution in [-0.4, -0.2) is 6.29 Å². The van der Waals surface area contributed by atoms with E-state index in [1.165, 1.54) is 0 Å². The number of carbonyl (C=O) groups is 1. The van der Waals surface area contributed by atoms with Crippen molar-refractivity contribution in [3.8, 4) is 17.2 Å². The van der Waals surface area contributed by atoms with Gasteiger partial charge in [0.25, 0.3) is 0 Å². The highest BCUT2D eigenvalue weighted by Crippen LogP contribution is 2.24. The number of hydrogen-bond donors (Lipinski definition) is 0. The van der Waals surface area contributed by atoms with Gasteiger partial charge in [0, 0.05) is 10.6 Å². The molecule has 2 aromatic carbocycles. The zero-order chi connectivity index (χ0) is 12.3. The normalized spacial score (nSPS) is 9.65. The SMILES string of the molecule is N#Cc1ccc(-c2cc(Cl)cc(C=O)c2)cc1. The Hall–Kier alpha value is -2.11. The number of benzene rings is 2. The van der Waals surface area contributed by atoms with Gasteiger partial charge in [-0.2, -0.15) is 5.26 Å². The first kappa shape index (κ1) is 11.4. The van der Waals surface area contributed by atoms with Crippen LogP contribution in [0.1, 0.15) is 15.9 Å². The van der Waals surface area contributed by atoms with Crippen molar-refractivity contribution in [1.29, 1.82) is 5.26 Å². The van der Waals surface area contributed by atoms with Crippen molar-refractivity contribution in [3.05, 3.63) is 58.6 Å². The molecule has 82 valence electrons. The van der Waals surface area contributed by atoms with Gasteiger partial charge in [0.1, 0.15) is 6.29 Å². The average Bonchev–Trinajstić information content (AvgIpc) is 2.38. The third-order valence-electron chi connectivity index (χ3n) is 2.40. The number of nitriles is 1. The Morgan fingerprint density at radius 3 is 2.35 bits per heavy atom. The molecule has 0 aromatic heterocycles. The van der Waals surface area contributed by atoms with E-state index < -0.39 is 0 Å². The highest BCUT2D eigenvalue weighted by Gasteiger charge is 2.02. The van der Waals surface area contributed by atoms with Crippen molar-refractivity contribution in [3.63, 3.8) is 0 Å². The molecular weight excluding hydrogens is 234 g/mol. The lowest BCUT2D eigenvalue weighted by Crippen LogP contribution is -1.84. The molecule has 0 aliphatic heterocycles. The van der Waals surface area contributed by atoms with Crippen molar-refractivity contribution in [2.45, 2.75) is 0 Å². The highest BCUT2D eigenvalue weighted by atomic mass is 35.5. The smallest absolute Gasteiger partial charge is 0.150 e. The second-order valence-corrected chi connectivity index (χ2v) is 4.02. The molecule has 0 amide bonds. The fourth-order valence-corrected chi connectivity index (χ4v) is 1.83. The van der Waals surface area contributed by atoms with Gasteiger partial charge >= 0.3 is 0 Å². The molecule has 3 heteroatoms. The third kappa shape index (κ3) is 2.52. The summed E-state index contributed by atoms with van der Waals surface area (Å²) in [6.45, 7) is 0. The van der Waals surface area contributed by atoms with Gasteiger partial charge in [0.2, 0.25) is 0 Å². The molecule has 0 saturated carbocycles. The molecule has 0 saturated heterocycles. The third-order valence-corrected chi connectivity index (χ3v) is 2.62. The van der Waals surface area contributed by atoms with Crippen molar-refractivity contribution in [1.82, 2.24) is 0 Å². The van der Waals surface area contributed by atoms with Crippen molar-refractivity contribution in [2.24, 2.45) is 0 Å². The number of aldehydes is 1. The van der Waals surface area contributed by atoms with Crippen LogP contribution in [0.4, 0.5) is 0 Å². The molecular formula is C14H8ClNO. The summed E-state index contributed by atoms with van der Waals surface area (Å²) in [7, 11) is 0. The fraction of sp³-hybridized carbons (Fsp3) is 0. The number of hydrogen-bond acceptors (Lipinski definition) is 2. The molecule has 0 aliphatic carbocycles.